The minimum Gasteiger partial charge on any atom is -0.505 e. The van der Waals surface area contributed by atoms with Crippen LogP contribution >= 0.6 is 11.6 Å². The summed E-state index contributed by atoms with van der Waals surface area (Å²) in [5, 5.41) is 10.1. The number of benzene rings is 1. The highest BCUT2D eigenvalue weighted by Gasteiger charge is 2.20. The third kappa shape index (κ3) is 2.14. The van der Waals surface area contributed by atoms with Crippen LogP contribution in [-0.2, 0) is 17.6 Å². The van der Waals surface area contributed by atoms with Crippen LogP contribution in [0.5, 0.6) is 5.75 Å². The monoisotopic (exact) mass is 242 g/mol. The second-order valence-corrected chi connectivity index (χ2v) is 3.81. The van der Waals surface area contributed by atoms with Gasteiger partial charge in [-0.15, -0.1) is 0 Å². The quantitative estimate of drug-likeness (QED) is 0.829. The number of aryl methyl sites for hydroxylation is 2. The molecule has 4 heteroatoms. The lowest BCUT2D eigenvalue weighted by Crippen LogP contribution is -2.07. The average molecular weight is 243 g/mol. The van der Waals surface area contributed by atoms with E-state index in [4.69, 9.17) is 11.6 Å². The molecule has 0 saturated heterocycles. The molecule has 0 fully saturated rings. The molecule has 0 unspecified atom stereocenters. The van der Waals surface area contributed by atoms with Gasteiger partial charge in [0.05, 0.1) is 12.1 Å². The molecule has 1 aromatic rings. The normalized spacial score (nSPS) is 10.2. The van der Waals surface area contributed by atoms with Gasteiger partial charge in [0.1, 0.15) is 11.3 Å². The highest BCUT2D eigenvalue weighted by molar-refractivity contribution is 6.33. The summed E-state index contributed by atoms with van der Waals surface area (Å²) in [6.07, 6.45) is 1.35. The standard InChI is InChI=1S/C12H15ClO3/c1-4-7-6-8(5-2)10(13)11(14)9(7)12(15)16-3/h6,14H,4-5H2,1-3H3. The topological polar surface area (TPSA) is 46.5 Å². The molecule has 0 aliphatic heterocycles. The first kappa shape index (κ1) is 12.8. The van der Waals surface area contributed by atoms with E-state index in [1.165, 1.54) is 7.11 Å². The fraction of sp³-hybridized carbons (Fsp3) is 0.417. The summed E-state index contributed by atoms with van der Waals surface area (Å²) in [4.78, 5) is 11.5. The molecule has 0 aromatic heterocycles. The van der Waals surface area contributed by atoms with Crippen LogP contribution in [0.1, 0.15) is 35.3 Å². The Labute approximate surface area is 100.0 Å². The molecule has 0 atom stereocenters. The van der Waals surface area contributed by atoms with Crippen LogP contribution in [0.4, 0.5) is 0 Å². The zero-order valence-electron chi connectivity index (χ0n) is 9.63. The van der Waals surface area contributed by atoms with Crippen LogP contribution in [0.15, 0.2) is 6.07 Å². The summed E-state index contributed by atoms with van der Waals surface area (Å²) in [6.45, 7) is 3.85. The third-order valence-electron chi connectivity index (χ3n) is 2.55. The van der Waals surface area contributed by atoms with E-state index >= 15 is 0 Å². The summed E-state index contributed by atoms with van der Waals surface area (Å²) in [5.41, 5.74) is 1.77. The van der Waals surface area contributed by atoms with Crippen molar-refractivity contribution in [2.75, 3.05) is 7.11 Å². The Bertz CT molecular complexity index is 413. The molecule has 1 rings (SSSR count). The van der Waals surface area contributed by atoms with Crippen molar-refractivity contribution in [3.63, 3.8) is 0 Å². The SMILES string of the molecule is CCc1cc(CC)c(C(=O)OC)c(O)c1Cl. The first-order valence-corrected chi connectivity index (χ1v) is 5.56. The molecule has 0 radical (unpaired) electrons. The highest BCUT2D eigenvalue weighted by atomic mass is 35.5. The number of esters is 1. The molecule has 0 amide bonds. The molecule has 0 spiro atoms. The zero-order valence-corrected chi connectivity index (χ0v) is 10.4. The molecule has 3 nitrogen and oxygen atoms in total. The van der Waals surface area contributed by atoms with Crippen molar-refractivity contribution < 1.29 is 14.6 Å². The molecule has 88 valence electrons. The number of ether oxygens (including phenoxy) is 1. The predicted octanol–water partition coefficient (Wildman–Crippen LogP) is 2.96. The van der Waals surface area contributed by atoms with Crippen molar-refractivity contribution >= 4 is 17.6 Å². The van der Waals surface area contributed by atoms with E-state index in [1.807, 2.05) is 19.9 Å². The molecule has 0 aliphatic carbocycles. The Morgan fingerprint density at radius 3 is 2.38 bits per heavy atom. The van der Waals surface area contributed by atoms with Gasteiger partial charge in [0.25, 0.3) is 0 Å². The van der Waals surface area contributed by atoms with E-state index < -0.39 is 5.97 Å². The van der Waals surface area contributed by atoms with Crippen molar-refractivity contribution in [1.29, 1.82) is 0 Å². The number of carbonyl (C=O) groups is 1. The number of halogens is 1. The number of methoxy groups -OCH3 is 1. The van der Waals surface area contributed by atoms with Crippen LogP contribution in [0.25, 0.3) is 0 Å². The number of hydrogen-bond donors (Lipinski definition) is 1. The lowest BCUT2D eigenvalue weighted by atomic mass is 9.99. The lowest BCUT2D eigenvalue weighted by molar-refractivity contribution is 0.0596. The van der Waals surface area contributed by atoms with E-state index in [0.717, 1.165) is 11.1 Å². The molecule has 0 bridgehead atoms. The minimum atomic E-state index is -0.557. The smallest absolute Gasteiger partial charge is 0.341 e. The number of phenolic OH excluding ortho intramolecular Hbond substituents is 1. The molecular formula is C12H15ClO3. The fourth-order valence-corrected chi connectivity index (χ4v) is 1.91. The van der Waals surface area contributed by atoms with Crippen LogP contribution < -0.4 is 0 Å². The Morgan fingerprint density at radius 2 is 1.94 bits per heavy atom. The second-order valence-electron chi connectivity index (χ2n) is 3.43. The molecule has 0 saturated carbocycles. The average Bonchev–Trinajstić information content (AvgIpc) is 2.31. The van der Waals surface area contributed by atoms with E-state index in [1.54, 1.807) is 0 Å². The van der Waals surface area contributed by atoms with E-state index in [-0.39, 0.29) is 16.3 Å². The first-order valence-electron chi connectivity index (χ1n) is 5.18. The number of hydrogen-bond acceptors (Lipinski definition) is 3. The number of aromatic hydroxyl groups is 1. The Kier molecular flexibility index (Phi) is 4.19. The van der Waals surface area contributed by atoms with Gasteiger partial charge in [-0.25, -0.2) is 4.79 Å². The lowest BCUT2D eigenvalue weighted by Gasteiger charge is -2.12. The van der Waals surface area contributed by atoms with Crippen LogP contribution in [0, 0.1) is 0 Å². The van der Waals surface area contributed by atoms with Gasteiger partial charge in [-0.1, -0.05) is 31.5 Å². The summed E-state index contributed by atoms with van der Waals surface area (Å²) in [5.74, 6) is -0.733. The van der Waals surface area contributed by atoms with Gasteiger partial charge in [-0.05, 0) is 24.0 Å². The summed E-state index contributed by atoms with van der Waals surface area (Å²) < 4.78 is 4.63. The largest absolute Gasteiger partial charge is 0.505 e. The Balaban J connectivity index is 3.47. The molecule has 1 N–H and O–H groups in total. The number of phenols is 1. The maximum atomic E-state index is 11.5. The summed E-state index contributed by atoms with van der Waals surface area (Å²) in [6, 6.07) is 1.84. The zero-order chi connectivity index (χ0) is 12.3. The summed E-state index contributed by atoms with van der Waals surface area (Å²) in [7, 11) is 1.28. The van der Waals surface area contributed by atoms with Crippen molar-refractivity contribution in [3.8, 4) is 5.75 Å². The van der Waals surface area contributed by atoms with Gasteiger partial charge in [-0.2, -0.15) is 0 Å². The fourth-order valence-electron chi connectivity index (χ4n) is 1.63. The minimum absolute atomic E-state index is 0.173. The third-order valence-corrected chi connectivity index (χ3v) is 2.97. The number of rotatable bonds is 3. The Morgan fingerprint density at radius 1 is 1.38 bits per heavy atom. The molecule has 0 heterocycles. The van der Waals surface area contributed by atoms with Gasteiger partial charge in [0, 0.05) is 0 Å². The second kappa shape index (κ2) is 5.21. The predicted molar refractivity (Wildman–Crippen MR) is 63.2 cm³/mol. The van der Waals surface area contributed by atoms with Crippen molar-refractivity contribution in [3.05, 3.63) is 27.8 Å². The van der Waals surface area contributed by atoms with Crippen LogP contribution in [0.2, 0.25) is 5.02 Å². The van der Waals surface area contributed by atoms with Crippen molar-refractivity contribution in [2.24, 2.45) is 0 Å². The van der Waals surface area contributed by atoms with Gasteiger partial charge >= 0.3 is 5.97 Å². The number of carbonyl (C=O) groups excluding carboxylic acids is 1. The molecular weight excluding hydrogens is 228 g/mol. The summed E-state index contributed by atoms with van der Waals surface area (Å²) >= 11 is 5.97. The van der Waals surface area contributed by atoms with Gasteiger partial charge in [0.2, 0.25) is 0 Å². The van der Waals surface area contributed by atoms with E-state index in [9.17, 15) is 9.90 Å². The first-order chi connectivity index (χ1) is 7.56. The van der Waals surface area contributed by atoms with Crippen LogP contribution in [-0.4, -0.2) is 18.2 Å². The van der Waals surface area contributed by atoms with Crippen molar-refractivity contribution in [1.82, 2.24) is 0 Å². The van der Waals surface area contributed by atoms with Gasteiger partial charge in [0.15, 0.2) is 0 Å². The van der Waals surface area contributed by atoms with Gasteiger partial charge in [-0.3, -0.25) is 0 Å². The van der Waals surface area contributed by atoms with E-state index in [2.05, 4.69) is 4.74 Å². The molecule has 0 aliphatic rings. The van der Waals surface area contributed by atoms with Crippen LogP contribution in [0.3, 0.4) is 0 Å². The molecule has 16 heavy (non-hydrogen) atoms. The maximum Gasteiger partial charge on any atom is 0.341 e. The van der Waals surface area contributed by atoms with Gasteiger partial charge < -0.3 is 9.84 Å². The highest BCUT2D eigenvalue weighted by Crippen LogP contribution is 2.34. The Hall–Kier alpha value is -1.22. The molecule has 1 aromatic carbocycles. The van der Waals surface area contributed by atoms with E-state index in [0.29, 0.717) is 12.8 Å². The van der Waals surface area contributed by atoms with Crippen molar-refractivity contribution in [2.45, 2.75) is 26.7 Å². The maximum absolute atomic E-state index is 11.5.